The third-order valence-electron chi connectivity index (χ3n) is 4.82. The first-order valence-electron chi connectivity index (χ1n) is 8.58. The van der Waals surface area contributed by atoms with E-state index in [9.17, 15) is 14.4 Å². The minimum Gasteiger partial charge on any atom is -0.300 e. The summed E-state index contributed by atoms with van der Waals surface area (Å²) >= 11 is 0. The molecule has 1 unspecified atom stereocenters. The van der Waals surface area contributed by atoms with Crippen molar-refractivity contribution in [3.05, 3.63) is 52.1 Å². The summed E-state index contributed by atoms with van der Waals surface area (Å²) in [6, 6.07) is 5.04. The van der Waals surface area contributed by atoms with Gasteiger partial charge in [0.1, 0.15) is 11.6 Å². The van der Waals surface area contributed by atoms with Gasteiger partial charge in [-0.2, -0.15) is 0 Å². The average molecular weight is 338 g/mol. The molecule has 5 heteroatoms. The molecule has 0 spiro atoms. The van der Waals surface area contributed by atoms with Crippen LogP contribution < -0.4 is 5.56 Å². The number of fused-ring (bicyclic) bond motifs is 1. The molecule has 1 saturated carbocycles. The van der Waals surface area contributed by atoms with Gasteiger partial charge in [0.15, 0.2) is 5.78 Å². The first-order chi connectivity index (χ1) is 11.9. The number of hydrogen-bond donors (Lipinski definition) is 0. The molecule has 0 N–H and O–H groups in total. The number of rotatable bonds is 4. The van der Waals surface area contributed by atoms with Crippen LogP contribution in [0.25, 0.3) is 10.9 Å². The van der Waals surface area contributed by atoms with Gasteiger partial charge in [0.05, 0.1) is 16.9 Å². The molecule has 0 amide bonds. The van der Waals surface area contributed by atoms with Crippen molar-refractivity contribution in [3.8, 4) is 0 Å². The van der Waals surface area contributed by atoms with E-state index >= 15 is 0 Å². The molecular weight excluding hydrogens is 316 g/mol. The van der Waals surface area contributed by atoms with E-state index in [1.165, 1.54) is 4.57 Å². The number of aryl methyl sites for hydroxylation is 2. The Hall–Kier alpha value is -2.56. The molecule has 1 heterocycles. The number of nitrogens with zero attached hydrogens (tertiary/aromatic N) is 2. The summed E-state index contributed by atoms with van der Waals surface area (Å²) in [5, 5.41) is 0.520. The number of aromatic nitrogens is 2. The Balaban J connectivity index is 2.15. The van der Waals surface area contributed by atoms with Crippen LogP contribution >= 0.6 is 0 Å². The van der Waals surface area contributed by atoms with Gasteiger partial charge in [-0.15, -0.1) is 0 Å². The Bertz CT molecular complexity index is 940. The van der Waals surface area contributed by atoms with Crippen molar-refractivity contribution in [2.75, 3.05) is 0 Å². The summed E-state index contributed by atoms with van der Waals surface area (Å²) in [4.78, 5) is 41.5. The maximum Gasteiger partial charge on any atom is 0.262 e. The summed E-state index contributed by atoms with van der Waals surface area (Å²) < 4.78 is 1.54. The summed E-state index contributed by atoms with van der Waals surface area (Å²) in [5.41, 5.74) is 2.16. The monoisotopic (exact) mass is 338 g/mol. The highest BCUT2D eigenvalue weighted by molar-refractivity contribution is 5.87. The number of allylic oxidation sites excluding steroid dienone is 1. The Labute approximate surface area is 146 Å². The lowest BCUT2D eigenvalue weighted by Crippen LogP contribution is -2.35. The van der Waals surface area contributed by atoms with Gasteiger partial charge >= 0.3 is 0 Å². The van der Waals surface area contributed by atoms with E-state index in [2.05, 4.69) is 11.6 Å². The quantitative estimate of drug-likeness (QED) is 0.803. The predicted molar refractivity (Wildman–Crippen MR) is 96.8 cm³/mol. The van der Waals surface area contributed by atoms with E-state index in [0.717, 1.165) is 17.6 Å². The molecule has 0 radical (unpaired) electrons. The summed E-state index contributed by atoms with van der Waals surface area (Å²) in [6.45, 7) is 7.19. The van der Waals surface area contributed by atoms with Crippen LogP contribution in [0.5, 0.6) is 0 Å². The fourth-order valence-corrected chi connectivity index (χ4v) is 3.54. The Morgan fingerprint density at radius 1 is 1.36 bits per heavy atom. The van der Waals surface area contributed by atoms with Crippen molar-refractivity contribution < 1.29 is 9.59 Å². The van der Waals surface area contributed by atoms with Crippen LogP contribution in [0, 0.1) is 6.92 Å². The average Bonchev–Trinajstić information content (AvgIpc) is 2.54. The Kier molecular flexibility index (Phi) is 4.66. The lowest BCUT2D eigenvalue weighted by molar-refractivity contribution is -0.122. The molecule has 0 saturated heterocycles. The van der Waals surface area contributed by atoms with Crippen LogP contribution in [-0.4, -0.2) is 21.1 Å². The van der Waals surface area contributed by atoms with E-state index in [0.29, 0.717) is 42.4 Å². The molecular formula is C20H22N2O3. The van der Waals surface area contributed by atoms with Crippen LogP contribution in [-0.2, 0) is 16.0 Å². The SMILES string of the molecule is C=C1CCC(n2c(C)nc3cccc(CCC(C)=O)c3c2=O)C(=O)C1. The molecule has 1 aromatic carbocycles. The highest BCUT2D eigenvalue weighted by Crippen LogP contribution is 2.28. The molecule has 130 valence electrons. The van der Waals surface area contributed by atoms with E-state index < -0.39 is 6.04 Å². The number of carbonyl (C=O) groups is 2. The van der Waals surface area contributed by atoms with Crippen molar-refractivity contribution in [2.45, 2.75) is 52.0 Å². The number of Topliss-reactive ketones (excluding diaryl/α,β-unsaturated/α-hetero) is 2. The molecule has 5 nitrogen and oxygen atoms in total. The molecule has 0 aliphatic heterocycles. The second kappa shape index (κ2) is 6.75. The van der Waals surface area contributed by atoms with Gasteiger partial charge in [-0.25, -0.2) is 4.98 Å². The van der Waals surface area contributed by atoms with E-state index in [4.69, 9.17) is 0 Å². The molecule has 3 rings (SSSR count). The summed E-state index contributed by atoms with van der Waals surface area (Å²) in [7, 11) is 0. The van der Waals surface area contributed by atoms with Crippen LogP contribution in [0.3, 0.4) is 0 Å². The first-order valence-corrected chi connectivity index (χ1v) is 8.58. The number of ketones is 2. The third kappa shape index (κ3) is 3.31. The van der Waals surface area contributed by atoms with Crippen LogP contribution in [0.4, 0.5) is 0 Å². The number of hydrogen-bond acceptors (Lipinski definition) is 4. The molecule has 2 aromatic rings. The number of carbonyl (C=O) groups excluding carboxylic acids is 2. The van der Waals surface area contributed by atoms with Crippen LogP contribution in [0.2, 0.25) is 0 Å². The van der Waals surface area contributed by atoms with Crippen molar-refractivity contribution in [1.82, 2.24) is 9.55 Å². The van der Waals surface area contributed by atoms with Gasteiger partial charge in [-0.1, -0.05) is 24.3 Å². The van der Waals surface area contributed by atoms with Gasteiger partial charge in [-0.05, 0) is 44.7 Å². The highest BCUT2D eigenvalue weighted by atomic mass is 16.1. The smallest absolute Gasteiger partial charge is 0.262 e. The van der Waals surface area contributed by atoms with Gasteiger partial charge in [0.2, 0.25) is 0 Å². The van der Waals surface area contributed by atoms with Gasteiger partial charge in [0.25, 0.3) is 5.56 Å². The lowest BCUT2D eigenvalue weighted by atomic mass is 9.90. The number of benzene rings is 1. The van der Waals surface area contributed by atoms with E-state index in [1.54, 1.807) is 19.9 Å². The van der Waals surface area contributed by atoms with E-state index in [1.807, 2.05) is 12.1 Å². The van der Waals surface area contributed by atoms with Gasteiger partial charge < -0.3 is 4.79 Å². The van der Waals surface area contributed by atoms with Crippen molar-refractivity contribution in [2.24, 2.45) is 0 Å². The molecule has 25 heavy (non-hydrogen) atoms. The van der Waals surface area contributed by atoms with Crippen molar-refractivity contribution in [1.29, 1.82) is 0 Å². The van der Waals surface area contributed by atoms with E-state index in [-0.39, 0.29) is 17.1 Å². The van der Waals surface area contributed by atoms with Crippen molar-refractivity contribution >= 4 is 22.5 Å². The molecule has 1 aromatic heterocycles. The zero-order chi connectivity index (χ0) is 18.1. The standard InChI is InChI=1S/C20H22N2O3/c1-12-7-10-17(18(24)11-12)22-14(3)21-16-6-4-5-15(9-8-13(2)23)19(16)20(22)25/h4-6,17H,1,7-11H2,2-3H3. The second-order valence-electron chi connectivity index (χ2n) is 6.80. The second-order valence-corrected chi connectivity index (χ2v) is 6.80. The molecule has 1 fully saturated rings. The normalized spacial score (nSPS) is 17.9. The minimum absolute atomic E-state index is 0.0174. The van der Waals surface area contributed by atoms with Crippen molar-refractivity contribution in [3.63, 3.8) is 0 Å². The van der Waals surface area contributed by atoms with Crippen LogP contribution in [0.1, 0.15) is 50.0 Å². The summed E-state index contributed by atoms with van der Waals surface area (Å²) in [6.07, 6.45) is 2.53. The largest absolute Gasteiger partial charge is 0.300 e. The molecule has 1 aliphatic rings. The zero-order valence-corrected chi connectivity index (χ0v) is 14.7. The Morgan fingerprint density at radius 3 is 2.80 bits per heavy atom. The molecule has 1 aliphatic carbocycles. The fourth-order valence-electron chi connectivity index (χ4n) is 3.54. The predicted octanol–water partition coefficient (Wildman–Crippen LogP) is 3.08. The molecule has 0 bridgehead atoms. The topological polar surface area (TPSA) is 69.0 Å². The molecule has 1 atom stereocenters. The van der Waals surface area contributed by atoms with Gasteiger partial charge in [-0.3, -0.25) is 14.2 Å². The first kappa shape index (κ1) is 17.3. The maximum atomic E-state index is 13.2. The third-order valence-corrected chi connectivity index (χ3v) is 4.82. The minimum atomic E-state index is -0.476. The fraction of sp³-hybridized carbons (Fsp3) is 0.400. The Morgan fingerprint density at radius 2 is 2.12 bits per heavy atom. The maximum absolute atomic E-state index is 13.2. The summed E-state index contributed by atoms with van der Waals surface area (Å²) in [5.74, 6) is 0.647. The van der Waals surface area contributed by atoms with Crippen LogP contribution in [0.15, 0.2) is 35.1 Å². The van der Waals surface area contributed by atoms with Gasteiger partial charge in [0, 0.05) is 12.8 Å². The highest BCUT2D eigenvalue weighted by Gasteiger charge is 2.28. The zero-order valence-electron chi connectivity index (χ0n) is 14.7. The lowest BCUT2D eigenvalue weighted by Gasteiger charge is -2.26.